The molecule has 0 aliphatic rings. The van der Waals surface area contributed by atoms with Crippen molar-refractivity contribution in [2.45, 2.75) is 33.4 Å². The number of benzene rings is 1. The van der Waals surface area contributed by atoms with E-state index in [9.17, 15) is 4.79 Å². The molecule has 0 aliphatic carbocycles. The van der Waals surface area contributed by atoms with Crippen LogP contribution >= 0.6 is 15.9 Å². The number of rotatable bonds is 8. The number of amides is 1. The maximum atomic E-state index is 12.2. The largest absolute Gasteiger partial charge is 0.484 e. The molecule has 0 spiro atoms. The quantitative estimate of drug-likeness (QED) is 0.541. The second-order valence-corrected chi connectivity index (χ2v) is 7.10. The SMILES string of the molecule is Cc1cc(C)n(CCCNC(=O)c2ccc(COc3ccccc3Br)o2)n1. The predicted octanol–water partition coefficient (Wildman–Crippen LogP) is 4.25. The molecule has 1 aromatic carbocycles. The first-order valence-electron chi connectivity index (χ1n) is 8.78. The fourth-order valence-electron chi connectivity index (χ4n) is 2.71. The zero-order valence-electron chi connectivity index (χ0n) is 15.4. The fourth-order valence-corrected chi connectivity index (χ4v) is 3.11. The summed E-state index contributed by atoms with van der Waals surface area (Å²) in [5.74, 6) is 1.38. The average Bonchev–Trinajstić information content (AvgIpc) is 3.24. The highest BCUT2D eigenvalue weighted by Crippen LogP contribution is 2.25. The van der Waals surface area contributed by atoms with Crippen molar-refractivity contribution < 1.29 is 13.9 Å². The van der Waals surface area contributed by atoms with Gasteiger partial charge in [0.05, 0.1) is 10.2 Å². The summed E-state index contributed by atoms with van der Waals surface area (Å²) in [6, 6.07) is 13.0. The number of aryl methyl sites for hydroxylation is 3. The van der Waals surface area contributed by atoms with Gasteiger partial charge in [-0.1, -0.05) is 12.1 Å². The van der Waals surface area contributed by atoms with E-state index in [1.165, 1.54) is 0 Å². The molecule has 0 radical (unpaired) electrons. The Balaban J connectivity index is 1.44. The number of ether oxygens (including phenoxy) is 1. The van der Waals surface area contributed by atoms with Crippen molar-refractivity contribution in [1.82, 2.24) is 15.1 Å². The molecule has 0 saturated carbocycles. The number of nitrogens with zero attached hydrogens (tertiary/aromatic N) is 2. The number of nitrogens with one attached hydrogen (secondary N) is 1. The van der Waals surface area contributed by atoms with Crippen LogP contribution in [0, 0.1) is 13.8 Å². The Morgan fingerprint density at radius 3 is 2.81 bits per heavy atom. The maximum Gasteiger partial charge on any atom is 0.286 e. The first-order chi connectivity index (χ1) is 13.0. The summed E-state index contributed by atoms with van der Waals surface area (Å²) in [6.45, 7) is 5.58. The van der Waals surface area contributed by atoms with Gasteiger partial charge in [-0.15, -0.1) is 0 Å². The minimum absolute atomic E-state index is 0.226. The summed E-state index contributed by atoms with van der Waals surface area (Å²) in [5.41, 5.74) is 2.13. The first kappa shape index (κ1) is 19.2. The van der Waals surface area contributed by atoms with E-state index in [1.807, 2.05) is 48.9 Å². The van der Waals surface area contributed by atoms with Gasteiger partial charge in [0, 0.05) is 18.8 Å². The van der Waals surface area contributed by atoms with Crippen molar-refractivity contribution in [1.29, 1.82) is 0 Å². The molecule has 142 valence electrons. The van der Waals surface area contributed by atoms with Crippen molar-refractivity contribution in [2.24, 2.45) is 0 Å². The van der Waals surface area contributed by atoms with Crippen LogP contribution in [0.1, 0.15) is 34.1 Å². The topological polar surface area (TPSA) is 69.3 Å². The summed E-state index contributed by atoms with van der Waals surface area (Å²) in [6.07, 6.45) is 0.798. The highest BCUT2D eigenvalue weighted by atomic mass is 79.9. The van der Waals surface area contributed by atoms with Gasteiger partial charge in [0.15, 0.2) is 5.76 Å². The van der Waals surface area contributed by atoms with E-state index >= 15 is 0 Å². The summed E-state index contributed by atoms with van der Waals surface area (Å²) < 4.78 is 14.1. The zero-order valence-corrected chi connectivity index (χ0v) is 17.0. The van der Waals surface area contributed by atoms with Crippen LogP contribution in [0.25, 0.3) is 0 Å². The minimum Gasteiger partial charge on any atom is -0.484 e. The van der Waals surface area contributed by atoms with Gasteiger partial charge in [0.2, 0.25) is 0 Å². The van der Waals surface area contributed by atoms with Gasteiger partial charge in [0.25, 0.3) is 5.91 Å². The molecular weight excluding hydrogens is 410 g/mol. The molecule has 27 heavy (non-hydrogen) atoms. The second kappa shape index (κ2) is 8.90. The van der Waals surface area contributed by atoms with Gasteiger partial charge < -0.3 is 14.5 Å². The normalized spacial score (nSPS) is 10.8. The molecule has 0 fully saturated rings. The lowest BCUT2D eigenvalue weighted by Gasteiger charge is -2.06. The Hall–Kier alpha value is -2.54. The standard InChI is InChI=1S/C20H22BrN3O3/c1-14-12-15(2)24(23-14)11-5-10-22-20(25)19-9-8-16(27-19)13-26-18-7-4-3-6-17(18)21/h3-4,6-9,12H,5,10-11,13H2,1-2H3,(H,22,25). The number of hydrogen-bond acceptors (Lipinski definition) is 4. The molecule has 1 amide bonds. The third-order valence-corrected chi connectivity index (χ3v) is 4.68. The maximum absolute atomic E-state index is 12.2. The third-order valence-electron chi connectivity index (χ3n) is 4.03. The van der Waals surface area contributed by atoms with Crippen molar-refractivity contribution in [3.05, 3.63) is 69.8 Å². The van der Waals surface area contributed by atoms with E-state index < -0.39 is 0 Å². The highest BCUT2D eigenvalue weighted by Gasteiger charge is 2.11. The van der Waals surface area contributed by atoms with Gasteiger partial charge in [-0.2, -0.15) is 5.10 Å². The van der Waals surface area contributed by atoms with Crippen molar-refractivity contribution in [2.75, 3.05) is 6.54 Å². The molecule has 2 heterocycles. The number of furan rings is 1. The van der Waals surface area contributed by atoms with Crippen LogP contribution in [0.2, 0.25) is 0 Å². The number of aromatic nitrogens is 2. The van der Waals surface area contributed by atoms with Crippen LogP contribution in [0.15, 0.2) is 51.4 Å². The van der Waals surface area contributed by atoms with Gasteiger partial charge >= 0.3 is 0 Å². The fraction of sp³-hybridized carbons (Fsp3) is 0.300. The lowest BCUT2D eigenvalue weighted by atomic mass is 10.3. The molecular formula is C20H22BrN3O3. The average molecular weight is 432 g/mol. The molecule has 0 atom stereocenters. The Kier molecular flexibility index (Phi) is 6.34. The van der Waals surface area contributed by atoms with Crippen LogP contribution < -0.4 is 10.1 Å². The molecule has 2 aromatic heterocycles. The lowest BCUT2D eigenvalue weighted by molar-refractivity contribution is 0.0920. The van der Waals surface area contributed by atoms with E-state index in [1.54, 1.807) is 12.1 Å². The summed E-state index contributed by atoms with van der Waals surface area (Å²) in [5, 5.41) is 7.28. The highest BCUT2D eigenvalue weighted by molar-refractivity contribution is 9.10. The smallest absolute Gasteiger partial charge is 0.286 e. The number of carbonyl (C=O) groups excluding carboxylic acids is 1. The van der Waals surface area contributed by atoms with Crippen LogP contribution in [0.5, 0.6) is 5.75 Å². The van der Waals surface area contributed by atoms with E-state index in [0.717, 1.165) is 34.6 Å². The summed E-state index contributed by atoms with van der Waals surface area (Å²) >= 11 is 3.43. The lowest BCUT2D eigenvalue weighted by Crippen LogP contribution is -2.25. The van der Waals surface area contributed by atoms with Crippen molar-refractivity contribution in [3.8, 4) is 5.75 Å². The molecule has 0 saturated heterocycles. The van der Waals surface area contributed by atoms with E-state index in [2.05, 4.69) is 26.3 Å². The molecule has 1 N–H and O–H groups in total. The Morgan fingerprint density at radius 1 is 1.26 bits per heavy atom. The number of halogens is 1. The molecule has 7 heteroatoms. The summed E-state index contributed by atoms with van der Waals surface area (Å²) in [7, 11) is 0. The van der Waals surface area contributed by atoms with Gasteiger partial charge in [-0.25, -0.2) is 0 Å². The van der Waals surface area contributed by atoms with Crippen molar-refractivity contribution in [3.63, 3.8) is 0 Å². The van der Waals surface area contributed by atoms with Crippen LogP contribution in [0.4, 0.5) is 0 Å². The monoisotopic (exact) mass is 431 g/mol. The Morgan fingerprint density at radius 2 is 2.07 bits per heavy atom. The summed E-state index contributed by atoms with van der Waals surface area (Å²) in [4.78, 5) is 12.2. The van der Waals surface area contributed by atoms with Crippen LogP contribution in [-0.2, 0) is 13.2 Å². The number of carbonyl (C=O) groups is 1. The zero-order chi connectivity index (χ0) is 19.2. The van der Waals surface area contributed by atoms with Crippen molar-refractivity contribution >= 4 is 21.8 Å². The molecule has 3 aromatic rings. The molecule has 3 rings (SSSR count). The van der Waals surface area contributed by atoms with Gasteiger partial charge in [0.1, 0.15) is 18.1 Å². The van der Waals surface area contributed by atoms with Crippen LogP contribution in [0.3, 0.4) is 0 Å². The van der Waals surface area contributed by atoms with E-state index in [0.29, 0.717) is 12.3 Å². The number of hydrogen-bond donors (Lipinski definition) is 1. The molecule has 0 unspecified atom stereocenters. The van der Waals surface area contributed by atoms with Gasteiger partial charge in [-0.3, -0.25) is 9.48 Å². The Labute approximate surface area is 166 Å². The van der Waals surface area contributed by atoms with E-state index in [4.69, 9.17) is 9.15 Å². The predicted molar refractivity (Wildman–Crippen MR) is 106 cm³/mol. The third kappa shape index (κ3) is 5.23. The molecule has 0 bridgehead atoms. The first-order valence-corrected chi connectivity index (χ1v) is 9.57. The number of para-hydroxylation sites is 1. The minimum atomic E-state index is -0.226. The second-order valence-electron chi connectivity index (χ2n) is 6.24. The molecule has 0 aliphatic heterocycles. The van der Waals surface area contributed by atoms with Crippen LogP contribution in [-0.4, -0.2) is 22.2 Å². The van der Waals surface area contributed by atoms with E-state index in [-0.39, 0.29) is 18.3 Å². The molecule has 6 nitrogen and oxygen atoms in total. The Bertz CT molecular complexity index is 917. The van der Waals surface area contributed by atoms with Gasteiger partial charge in [-0.05, 0) is 66.5 Å².